The van der Waals surface area contributed by atoms with E-state index in [-0.39, 0.29) is 18.6 Å². The van der Waals surface area contributed by atoms with Crippen molar-refractivity contribution >= 4 is 11.6 Å². The number of carbonyl (C=O) groups excluding carboxylic acids is 1. The summed E-state index contributed by atoms with van der Waals surface area (Å²) in [6.07, 6.45) is 1.74. The fourth-order valence-electron chi connectivity index (χ4n) is 2.86. The number of hydrogen-bond donors (Lipinski definition) is 2. The Balaban J connectivity index is 1.41. The summed E-state index contributed by atoms with van der Waals surface area (Å²) in [6.45, 7) is 2.62. The molecule has 4 rings (SSSR count). The molecule has 0 fully saturated rings. The van der Waals surface area contributed by atoms with Crippen molar-refractivity contribution in [3.05, 3.63) is 66.2 Å². The van der Waals surface area contributed by atoms with E-state index in [0.29, 0.717) is 23.9 Å². The molecule has 0 saturated carbocycles. The van der Waals surface area contributed by atoms with E-state index < -0.39 is 0 Å². The number of fused-ring (bicyclic) bond motifs is 1. The largest absolute Gasteiger partial charge is 0.482 e. The van der Waals surface area contributed by atoms with E-state index >= 15 is 0 Å². The Labute approximate surface area is 151 Å². The minimum atomic E-state index is -0.136. The average molecular weight is 349 g/mol. The molecule has 6 heteroatoms. The van der Waals surface area contributed by atoms with E-state index in [1.54, 1.807) is 6.20 Å². The zero-order valence-electron chi connectivity index (χ0n) is 14.4. The number of oxazole rings is 1. The van der Waals surface area contributed by atoms with Crippen LogP contribution in [0.2, 0.25) is 0 Å². The monoisotopic (exact) mass is 349 g/mol. The summed E-state index contributed by atoms with van der Waals surface area (Å²) in [7, 11) is 0. The molecule has 2 aromatic carbocycles. The van der Waals surface area contributed by atoms with Gasteiger partial charge in [0.2, 0.25) is 5.89 Å². The van der Waals surface area contributed by atoms with Crippen LogP contribution in [0.15, 0.2) is 59.1 Å². The van der Waals surface area contributed by atoms with Crippen LogP contribution < -0.4 is 15.4 Å². The molecule has 0 saturated heterocycles. The van der Waals surface area contributed by atoms with Gasteiger partial charge in [0, 0.05) is 11.6 Å². The number of carbonyl (C=O) groups is 1. The highest BCUT2D eigenvalue weighted by Crippen LogP contribution is 2.30. The molecular weight excluding hydrogens is 330 g/mol. The molecule has 1 aliphatic heterocycles. The first-order valence-corrected chi connectivity index (χ1v) is 8.49. The first-order valence-electron chi connectivity index (χ1n) is 8.49. The first-order chi connectivity index (χ1) is 12.7. The summed E-state index contributed by atoms with van der Waals surface area (Å²) in [5.41, 5.74) is 2.75. The van der Waals surface area contributed by atoms with E-state index in [9.17, 15) is 4.79 Å². The second-order valence-corrected chi connectivity index (χ2v) is 6.18. The molecule has 0 aliphatic carbocycles. The third-order valence-electron chi connectivity index (χ3n) is 4.31. The van der Waals surface area contributed by atoms with Crippen LogP contribution in [0.25, 0.3) is 11.3 Å². The van der Waals surface area contributed by atoms with E-state index in [0.717, 1.165) is 16.9 Å². The molecule has 1 aliphatic rings. The van der Waals surface area contributed by atoms with Crippen LogP contribution in [0.5, 0.6) is 5.75 Å². The lowest BCUT2D eigenvalue weighted by atomic mass is 10.1. The molecule has 1 amide bonds. The fraction of sp³-hybridized carbons (Fsp3) is 0.200. The number of ether oxygens (including phenoxy) is 1. The van der Waals surface area contributed by atoms with Crippen molar-refractivity contribution in [2.75, 3.05) is 11.9 Å². The normalized spacial score (nSPS) is 14.3. The second-order valence-electron chi connectivity index (χ2n) is 6.18. The van der Waals surface area contributed by atoms with E-state index in [2.05, 4.69) is 15.6 Å². The smallest absolute Gasteiger partial charge is 0.262 e. The zero-order chi connectivity index (χ0) is 17.9. The van der Waals surface area contributed by atoms with Crippen LogP contribution in [0.3, 0.4) is 0 Å². The minimum Gasteiger partial charge on any atom is -0.482 e. The van der Waals surface area contributed by atoms with Crippen molar-refractivity contribution in [3.63, 3.8) is 0 Å². The Morgan fingerprint density at radius 3 is 2.92 bits per heavy atom. The number of amides is 1. The number of anilines is 1. The Bertz CT molecular complexity index is 921. The Morgan fingerprint density at radius 2 is 2.08 bits per heavy atom. The summed E-state index contributed by atoms with van der Waals surface area (Å²) >= 11 is 0. The number of rotatable bonds is 5. The molecule has 26 heavy (non-hydrogen) atoms. The summed E-state index contributed by atoms with van der Waals surface area (Å²) in [5.74, 6) is 1.94. The van der Waals surface area contributed by atoms with Gasteiger partial charge in [-0.2, -0.15) is 0 Å². The van der Waals surface area contributed by atoms with Gasteiger partial charge in [-0.25, -0.2) is 4.98 Å². The highest BCUT2D eigenvalue weighted by Gasteiger charge is 2.17. The lowest BCUT2D eigenvalue weighted by molar-refractivity contribution is -0.118. The van der Waals surface area contributed by atoms with Gasteiger partial charge in [-0.1, -0.05) is 36.4 Å². The topological polar surface area (TPSA) is 76.4 Å². The number of benzene rings is 2. The highest BCUT2D eigenvalue weighted by atomic mass is 16.5. The second kappa shape index (κ2) is 7.01. The van der Waals surface area contributed by atoms with Gasteiger partial charge in [-0.3, -0.25) is 4.79 Å². The fourth-order valence-corrected chi connectivity index (χ4v) is 2.86. The number of nitrogens with zero attached hydrogens (tertiary/aromatic N) is 1. The predicted octanol–water partition coefficient (Wildman–Crippen LogP) is 3.52. The molecule has 132 valence electrons. The molecule has 6 nitrogen and oxygen atoms in total. The van der Waals surface area contributed by atoms with Gasteiger partial charge in [0.1, 0.15) is 5.75 Å². The summed E-state index contributed by atoms with van der Waals surface area (Å²) < 4.78 is 11.2. The van der Waals surface area contributed by atoms with Crippen molar-refractivity contribution in [2.24, 2.45) is 0 Å². The minimum absolute atomic E-state index is 0.0613. The van der Waals surface area contributed by atoms with Gasteiger partial charge in [-0.05, 0) is 24.6 Å². The predicted molar refractivity (Wildman–Crippen MR) is 97.8 cm³/mol. The summed E-state index contributed by atoms with van der Waals surface area (Å²) in [5, 5.41) is 6.22. The third kappa shape index (κ3) is 3.45. The molecule has 1 unspecified atom stereocenters. The van der Waals surface area contributed by atoms with Crippen LogP contribution in [-0.4, -0.2) is 17.5 Å². The van der Waals surface area contributed by atoms with Gasteiger partial charge in [-0.15, -0.1) is 0 Å². The molecule has 2 N–H and O–H groups in total. The maximum Gasteiger partial charge on any atom is 0.262 e. The first kappa shape index (κ1) is 16.4. The average Bonchev–Trinajstić information content (AvgIpc) is 3.15. The van der Waals surface area contributed by atoms with E-state index in [1.165, 1.54) is 0 Å². The van der Waals surface area contributed by atoms with Crippen molar-refractivity contribution < 1.29 is 13.9 Å². The molecule has 0 spiro atoms. The van der Waals surface area contributed by atoms with Gasteiger partial charge in [0.15, 0.2) is 12.4 Å². The van der Waals surface area contributed by atoms with E-state index in [1.807, 2.05) is 55.5 Å². The van der Waals surface area contributed by atoms with Gasteiger partial charge < -0.3 is 19.8 Å². The zero-order valence-corrected chi connectivity index (χ0v) is 14.4. The van der Waals surface area contributed by atoms with E-state index in [4.69, 9.17) is 9.15 Å². The Kier molecular flexibility index (Phi) is 4.41. The summed E-state index contributed by atoms with van der Waals surface area (Å²) in [6, 6.07) is 15.7. The molecule has 2 heterocycles. The van der Waals surface area contributed by atoms with Crippen LogP contribution in [0, 0.1) is 0 Å². The SMILES string of the molecule is CC(NCc1ncc(-c2ccccc2)o1)c1ccc2c(c1)NC(=O)CO2. The van der Waals surface area contributed by atoms with Crippen molar-refractivity contribution in [3.8, 4) is 17.1 Å². The molecule has 0 radical (unpaired) electrons. The maximum atomic E-state index is 11.5. The number of aromatic nitrogens is 1. The van der Waals surface area contributed by atoms with Gasteiger partial charge in [0.25, 0.3) is 5.91 Å². The quantitative estimate of drug-likeness (QED) is 0.737. The lowest BCUT2D eigenvalue weighted by Crippen LogP contribution is -2.26. The number of nitrogens with one attached hydrogen (secondary N) is 2. The van der Waals surface area contributed by atoms with Gasteiger partial charge in [0.05, 0.1) is 18.4 Å². The standard InChI is InChI=1S/C20H19N3O3/c1-13(15-7-8-17-16(9-15)23-19(24)12-25-17)21-11-20-22-10-18(26-20)14-5-3-2-4-6-14/h2-10,13,21H,11-12H2,1H3,(H,23,24). The molecule has 1 atom stereocenters. The van der Waals surface area contributed by atoms with Crippen molar-refractivity contribution in [1.82, 2.24) is 10.3 Å². The van der Waals surface area contributed by atoms with Crippen LogP contribution >= 0.6 is 0 Å². The Morgan fingerprint density at radius 1 is 1.23 bits per heavy atom. The van der Waals surface area contributed by atoms with Crippen molar-refractivity contribution in [1.29, 1.82) is 0 Å². The van der Waals surface area contributed by atoms with Crippen LogP contribution in [0.1, 0.15) is 24.4 Å². The van der Waals surface area contributed by atoms with Gasteiger partial charge >= 0.3 is 0 Å². The van der Waals surface area contributed by atoms with Crippen LogP contribution in [0.4, 0.5) is 5.69 Å². The number of hydrogen-bond acceptors (Lipinski definition) is 5. The molecule has 3 aromatic rings. The molecule has 1 aromatic heterocycles. The third-order valence-corrected chi connectivity index (χ3v) is 4.31. The van der Waals surface area contributed by atoms with Crippen molar-refractivity contribution in [2.45, 2.75) is 19.5 Å². The highest BCUT2D eigenvalue weighted by molar-refractivity contribution is 5.95. The Hall–Kier alpha value is -3.12. The molecule has 0 bridgehead atoms. The molecular formula is C20H19N3O3. The van der Waals surface area contributed by atoms with Crippen LogP contribution in [-0.2, 0) is 11.3 Å². The maximum absolute atomic E-state index is 11.5. The lowest BCUT2D eigenvalue weighted by Gasteiger charge is -2.20. The summed E-state index contributed by atoms with van der Waals surface area (Å²) in [4.78, 5) is 15.8.